The maximum Gasteiger partial charge on any atom is 0.228 e. The highest BCUT2D eigenvalue weighted by Gasteiger charge is 2.23. The minimum Gasteiger partial charge on any atom is -0.493 e. The molecule has 0 spiro atoms. The van der Waals surface area contributed by atoms with E-state index in [-0.39, 0.29) is 13.3 Å². The van der Waals surface area contributed by atoms with Crippen molar-refractivity contribution in [1.29, 1.82) is 0 Å². The lowest BCUT2D eigenvalue weighted by molar-refractivity contribution is -0.115. The molecule has 1 fully saturated rings. The first-order valence-electron chi connectivity index (χ1n) is 7.55. The van der Waals surface area contributed by atoms with Crippen molar-refractivity contribution in [3.05, 3.63) is 47.0 Å². The number of anilines is 1. The standard InChI is InChI=1S/C18H16ClNO2.CH4/c19-14-2-1-3-16(22-10-11-4-5-11)18(14)12-6-7-15-13(8-12)9-17(21)20-15;/h1-3,6-8,11H,4-5,9-10H2,(H,20,21);1H4. The molecular weight excluding hydrogens is 310 g/mol. The zero-order valence-corrected chi connectivity index (χ0v) is 12.8. The Labute approximate surface area is 141 Å². The van der Waals surface area contributed by atoms with E-state index in [1.165, 1.54) is 12.8 Å². The molecule has 23 heavy (non-hydrogen) atoms. The summed E-state index contributed by atoms with van der Waals surface area (Å²) in [4.78, 5) is 11.5. The van der Waals surface area contributed by atoms with Crippen molar-refractivity contribution in [1.82, 2.24) is 0 Å². The van der Waals surface area contributed by atoms with Gasteiger partial charge in [0.1, 0.15) is 5.75 Å². The molecule has 2 aromatic rings. The van der Waals surface area contributed by atoms with E-state index >= 15 is 0 Å². The van der Waals surface area contributed by atoms with Gasteiger partial charge in [0.05, 0.1) is 18.1 Å². The first-order valence-corrected chi connectivity index (χ1v) is 7.93. The SMILES string of the molecule is C.O=C1Cc2cc(-c3c(Cl)cccc3OCC3CC3)ccc2N1. The van der Waals surface area contributed by atoms with Crippen LogP contribution in [-0.2, 0) is 11.2 Å². The van der Waals surface area contributed by atoms with Gasteiger partial charge in [0.15, 0.2) is 0 Å². The molecule has 1 N–H and O–H groups in total. The third kappa shape index (κ3) is 3.20. The first-order chi connectivity index (χ1) is 10.7. The average Bonchev–Trinajstić information content (AvgIpc) is 3.25. The molecule has 4 heteroatoms. The highest BCUT2D eigenvalue weighted by Crippen LogP contribution is 2.40. The number of halogens is 1. The fourth-order valence-electron chi connectivity index (χ4n) is 2.78. The summed E-state index contributed by atoms with van der Waals surface area (Å²) in [5.41, 5.74) is 3.80. The van der Waals surface area contributed by atoms with Crippen LogP contribution < -0.4 is 10.1 Å². The van der Waals surface area contributed by atoms with Crippen LogP contribution in [-0.4, -0.2) is 12.5 Å². The van der Waals surface area contributed by atoms with Crippen LogP contribution in [0.4, 0.5) is 5.69 Å². The number of rotatable bonds is 4. The summed E-state index contributed by atoms with van der Waals surface area (Å²) in [6.45, 7) is 0.748. The Balaban J connectivity index is 0.00000156. The van der Waals surface area contributed by atoms with Crippen molar-refractivity contribution in [3.63, 3.8) is 0 Å². The highest BCUT2D eigenvalue weighted by molar-refractivity contribution is 6.33. The van der Waals surface area contributed by atoms with Gasteiger partial charge in [-0.15, -0.1) is 0 Å². The number of ether oxygens (including phenoxy) is 1. The van der Waals surface area contributed by atoms with Crippen molar-refractivity contribution in [3.8, 4) is 16.9 Å². The summed E-state index contributed by atoms with van der Waals surface area (Å²) in [7, 11) is 0. The van der Waals surface area contributed by atoms with Crippen molar-refractivity contribution < 1.29 is 9.53 Å². The normalized spacial score (nSPS) is 15.6. The number of hydrogen-bond donors (Lipinski definition) is 1. The molecular formula is C19H20ClNO2. The zero-order chi connectivity index (χ0) is 15.1. The fourth-order valence-corrected chi connectivity index (χ4v) is 3.06. The van der Waals surface area contributed by atoms with Crippen LogP contribution in [0.2, 0.25) is 5.02 Å². The number of fused-ring (bicyclic) bond motifs is 1. The molecule has 0 radical (unpaired) electrons. The Bertz CT molecular complexity index is 753. The molecule has 3 nitrogen and oxygen atoms in total. The smallest absolute Gasteiger partial charge is 0.228 e. The number of amides is 1. The van der Waals surface area contributed by atoms with Gasteiger partial charge in [0, 0.05) is 11.3 Å². The molecule has 1 amide bonds. The lowest BCUT2D eigenvalue weighted by atomic mass is 10.0. The van der Waals surface area contributed by atoms with Gasteiger partial charge in [-0.2, -0.15) is 0 Å². The summed E-state index contributed by atoms with van der Waals surface area (Å²) in [5.74, 6) is 1.54. The maximum absolute atomic E-state index is 11.5. The van der Waals surface area contributed by atoms with E-state index < -0.39 is 0 Å². The predicted octanol–water partition coefficient (Wildman–Crippen LogP) is 4.93. The zero-order valence-electron chi connectivity index (χ0n) is 12.1. The highest BCUT2D eigenvalue weighted by atomic mass is 35.5. The summed E-state index contributed by atoms with van der Waals surface area (Å²) < 4.78 is 5.97. The van der Waals surface area contributed by atoms with Crippen LogP contribution in [0, 0.1) is 5.92 Å². The van der Waals surface area contributed by atoms with E-state index in [2.05, 4.69) is 5.32 Å². The molecule has 0 aromatic heterocycles. The van der Waals surface area contributed by atoms with Crippen LogP contribution in [0.3, 0.4) is 0 Å². The fraction of sp³-hybridized carbons (Fsp3) is 0.316. The number of carbonyl (C=O) groups is 1. The third-order valence-corrected chi connectivity index (χ3v) is 4.48. The Hall–Kier alpha value is -2.00. The van der Waals surface area contributed by atoms with Crippen LogP contribution in [0.1, 0.15) is 25.8 Å². The monoisotopic (exact) mass is 329 g/mol. The predicted molar refractivity (Wildman–Crippen MR) is 94.2 cm³/mol. The molecule has 0 atom stereocenters. The van der Waals surface area contributed by atoms with Gasteiger partial charge in [0.2, 0.25) is 5.91 Å². The lowest BCUT2D eigenvalue weighted by Gasteiger charge is -2.14. The van der Waals surface area contributed by atoms with Gasteiger partial charge < -0.3 is 10.1 Å². The molecule has 4 rings (SSSR count). The van der Waals surface area contributed by atoms with Crippen molar-refractivity contribution in [2.75, 3.05) is 11.9 Å². The van der Waals surface area contributed by atoms with Crippen LogP contribution >= 0.6 is 11.6 Å². The molecule has 2 aliphatic rings. The molecule has 1 saturated carbocycles. The molecule has 0 bridgehead atoms. The Kier molecular flexibility index (Phi) is 4.31. The van der Waals surface area contributed by atoms with E-state index in [0.717, 1.165) is 34.7 Å². The summed E-state index contributed by atoms with van der Waals surface area (Å²) in [6, 6.07) is 11.7. The number of nitrogens with one attached hydrogen (secondary N) is 1. The summed E-state index contributed by atoms with van der Waals surface area (Å²) in [5, 5.41) is 3.52. The van der Waals surface area contributed by atoms with Gasteiger partial charge in [-0.05, 0) is 54.2 Å². The van der Waals surface area contributed by atoms with Gasteiger partial charge in [-0.25, -0.2) is 0 Å². The van der Waals surface area contributed by atoms with Crippen molar-refractivity contribution in [2.45, 2.75) is 26.7 Å². The van der Waals surface area contributed by atoms with Crippen LogP contribution in [0.5, 0.6) is 5.75 Å². The van der Waals surface area contributed by atoms with Gasteiger partial charge in [-0.1, -0.05) is 31.2 Å². The topological polar surface area (TPSA) is 38.3 Å². The average molecular weight is 330 g/mol. The minimum atomic E-state index is 0. The molecule has 0 unspecified atom stereocenters. The van der Waals surface area contributed by atoms with Crippen LogP contribution in [0.15, 0.2) is 36.4 Å². The quantitative estimate of drug-likeness (QED) is 0.864. The van der Waals surface area contributed by atoms with Gasteiger partial charge in [-0.3, -0.25) is 4.79 Å². The molecule has 2 aromatic carbocycles. The van der Waals surface area contributed by atoms with Gasteiger partial charge >= 0.3 is 0 Å². The Morgan fingerprint density at radius 2 is 2.04 bits per heavy atom. The number of benzene rings is 2. The second kappa shape index (κ2) is 6.25. The Morgan fingerprint density at radius 3 is 2.83 bits per heavy atom. The van der Waals surface area contributed by atoms with Gasteiger partial charge in [0.25, 0.3) is 0 Å². The maximum atomic E-state index is 11.5. The van der Waals surface area contributed by atoms with E-state index in [9.17, 15) is 4.79 Å². The molecule has 120 valence electrons. The van der Waals surface area contributed by atoms with Crippen molar-refractivity contribution in [2.24, 2.45) is 5.92 Å². The summed E-state index contributed by atoms with van der Waals surface area (Å²) >= 11 is 6.41. The van der Waals surface area contributed by atoms with E-state index in [4.69, 9.17) is 16.3 Å². The molecule has 1 aliphatic heterocycles. The minimum absolute atomic E-state index is 0. The van der Waals surface area contributed by atoms with E-state index in [1.54, 1.807) is 0 Å². The van der Waals surface area contributed by atoms with E-state index in [1.807, 2.05) is 36.4 Å². The second-order valence-electron chi connectivity index (χ2n) is 5.96. The molecule has 1 heterocycles. The Morgan fingerprint density at radius 1 is 1.22 bits per heavy atom. The number of hydrogen-bond acceptors (Lipinski definition) is 2. The van der Waals surface area contributed by atoms with E-state index in [0.29, 0.717) is 17.4 Å². The largest absolute Gasteiger partial charge is 0.493 e. The van der Waals surface area contributed by atoms with Crippen LogP contribution in [0.25, 0.3) is 11.1 Å². The third-order valence-electron chi connectivity index (χ3n) is 4.17. The number of carbonyl (C=O) groups excluding carboxylic acids is 1. The first kappa shape index (κ1) is 15.9. The molecule has 0 saturated heterocycles. The van der Waals surface area contributed by atoms with Crippen molar-refractivity contribution >= 4 is 23.2 Å². The summed E-state index contributed by atoms with van der Waals surface area (Å²) in [6.07, 6.45) is 2.93. The second-order valence-corrected chi connectivity index (χ2v) is 6.37. The molecule has 1 aliphatic carbocycles. The lowest BCUT2D eigenvalue weighted by Crippen LogP contribution is -2.03.